The number of hydrogen-bond donors (Lipinski definition) is 1. The molecule has 22 heavy (non-hydrogen) atoms. The Hall–Kier alpha value is -1.05. The van der Waals surface area contributed by atoms with Gasteiger partial charge in [0.2, 0.25) is 5.91 Å². The Morgan fingerprint density at radius 1 is 1.45 bits per heavy atom. The lowest BCUT2D eigenvalue weighted by Crippen LogP contribution is -2.48. The van der Waals surface area contributed by atoms with Crippen LogP contribution in [0.3, 0.4) is 0 Å². The van der Waals surface area contributed by atoms with Crippen LogP contribution in [0.4, 0.5) is 0 Å². The molecular formula is C15H22N2O3S2. The van der Waals surface area contributed by atoms with Crippen molar-refractivity contribution in [3.05, 3.63) is 22.4 Å². The van der Waals surface area contributed by atoms with Crippen LogP contribution < -0.4 is 5.73 Å². The van der Waals surface area contributed by atoms with Gasteiger partial charge >= 0.3 is 5.97 Å². The van der Waals surface area contributed by atoms with Crippen LogP contribution in [-0.4, -0.2) is 46.5 Å². The van der Waals surface area contributed by atoms with Gasteiger partial charge in [-0.25, -0.2) is 0 Å². The predicted octanol–water partition coefficient (Wildman–Crippen LogP) is 2.03. The second kappa shape index (κ2) is 7.02. The zero-order valence-corrected chi connectivity index (χ0v) is 14.7. The normalized spacial score (nSPS) is 23.3. The summed E-state index contributed by atoms with van der Waals surface area (Å²) in [5, 5.41) is 1.97. The molecule has 1 fully saturated rings. The molecule has 2 heterocycles. The minimum Gasteiger partial charge on any atom is -0.459 e. The van der Waals surface area contributed by atoms with E-state index in [4.69, 9.17) is 10.5 Å². The first kappa shape index (κ1) is 17.3. The van der Waals surface area contributed by atoms with Gasteiger partial charge in [-0.2, -0.15) is 11.8 Å². The number of rotatable bonds is 3. The number of thioether (sulfide) groups is 1. The zero-order chi connectivity index (χ0) is 16.3. The van der Waals surface area contributed by atoms with E-state index in [-0.39, 0.29) is 18.5 Å². The molecule has 1 aromatic rings. The number of nitrogens with zero attached hydrogens (tertiary/aromatic N) is 1. The molecule has 0 aromatic carbocycles. The quantitative estimate of drug-likeness (QED) is 0.851. The molecule has 0 spiro atoms. The van der Waals surface area contributed by atoms with Gasteiger partial charge in [0, 0.05) is 16.4 Å². The summed E-state index contributed by atoms with van der Waals surface area (Å²) >= 11 is 3.23. The highest BCUT2D eigenvalue weighted by Crippen LogP contribution is 2.31. The molecule has 1 amide bonds. The van der Waals surface area contributed by atoms with E-state index < -0.39 is 17.6 Å². The average Bonchev–Trinajstić information content (AvgIpc) is 2.88. The molecule has 1 saturated heterocycles. The Kier molecular flexibility index (Phi) is 5.52. The fraction of sp³-hybridized carbons (Fsp3) is 0.600. The summed E-state index contributed by atoms with van der Waals surface area (Å²) in [5.74, 6) is 0.727. The molecule has 1 aliphatic heterocycles. The zero-order valence-electron chi connectivity index (χ0n) is 13.1. The molecule has 7 heteroatoms. The summed E-state index contributed by atoms with van der Waals surface area (Å²) in [5.41, 5.74) is 5.36. The van der Waals surface area contributed by atoms with E-state index in [2.05, 4.69) is 0 Å². The van der Waals surface area contributed by atoms with E-state index in [0.717, 1.165) is 10.6 Å². The second-order valence-corrected chi connectivity index (χ2v) is 8.28. The van der Waals surface area contributed by atoms with E-state index in [1.165, 1.54) is 0 Å². The van der Waals surface area contributed by atoms with Crippen LogP contribution in [0.5, 0.6) is 0 Å². The number of carbonyl (C=O) groups is 2. The van der Waals surface area contributed by atoms with Gasteiger partial charge in [-0.1, -0.05) is 6.07 Å². The third-order valence-corrected chi connectivity index (χ3v) is 5.26. The smallest absolute Gasteiger partial charge is 0.326 e. The topological polar surface area (TPSA) is 72.6 Å². The number of hydrogen-bond acceptors (Lipinski definition) is 6. The molecule has 1 aromatic heterocycles. The van der Waals surface area contributed by atoms with Crippen LogP contribution in [-0.2, 0) is 14.3 Å². The molecule has 2 rings (SSSR count). The molecule has 2 N–H and O–H groups in total. The fourth-order valence-corrected chi connectivity index (χ4v) is 4.31. The molecule has 122 valence electrons. The Morgan fingerprint density at radius 3 is 2.77 bits per heavy atom. The summed E-state index contributed by atoms with van der Waals surface area (Å²) < 4.78 is 5.35. The van der Waals surface area contributed by atoms with E-state index >= 15 is 0 Å². The van der Waals surface area contributed by atoms with Gasteiger partial charge in [0.1, 0.15) is 12.1 Å². The van der Waals surface area contributed by atoms with Crippen molar-refractivity contribution in [3.63, 3.8) is 0 Å². The minimum atomic E-state index is -0.572. The molecule has 2 unspecified atom stereocenters. The largest absolute Gasteiger partial charge is 0.459 e. The summed E-state index contributed by atoms with van der Waals surface area (Å²) in [6.07, 6.45) is 0. The van der Waals surface area contributed by atoms with Crippen LogP contribution in [0.25, 0.3) is 0 Å². The maximum Gasteiger partial charge on any atom is 0.326 e. The Labute approximate surface area is 139 Å². The van der Waals surface area contributed by atoms with Gasteiger partial charge in [-0.15, -0.1) is 11.3 Å². The summed E-state index contributed by atoms with van der Waals surface area (Å²) in [6.45, 7) is 5.38. The van der Waals surface area contributed by atoms with Crippen molar-refractivity contribution in [1.82, 2.24) is 4.90 Å². The first-order valence-corrected chi connectivity index (χ1v) is 9.20. The van der Waals surface area contributed by atoms with Gasteiger partial charge in [-0.3, -0.25) is 9.59 Å². The molecule has 0 aliphatic carbocycles. The van der Waals surface area contributed by atoms with Crippen LogP contribution >= 0.6 is 23.1 Å². The number of thiophene rings is 1. The van der Waals surface area contributed by atoms with Crippen molar-refractivity contribution in [2.75, 3.05) is 18.1 Å². The lowest BCUT2D eigenvalue weighted by Gasteiger charge is -2.30. The number of amides is 1. The standard InChI is InChI=1S/C15H22N2O3S2/c1-15(2,3)20-13(18)7-17-11(12-5-4-6-22-12)9-21-8-10(16)14(17)19/h4-6,10-11H,7-9,16H2,1-3H3. The number of esters is 1. The Morgan fingerprint density at radius 2 is 2.18 bits per heavy atom. The average molecular weight is 342 g/mol. The molecular weight excluding hydrogens is 320 g/mol. The van der Waals surface area contributed by atoms with E-state index in [9.17, 15) is 9.59 Å². The van der Waals surface area contributed by atoms with Crippen molar-refractivity contribution in [1.29, 1.82) is 0 Å². The van der Waals surface area contributed by atoms with Crippen LogP contribution in [0, 0.1) is 0 Å². The van der Waals surface area contributed by atoms with Crippen molar-refractivity contribution in [2.45, 2.75) is 38.5 Å². The lowest BCUT2D eigenvalue weighted by atomic mass is 10.2. The van der Waals surface area contributed by atoms with E-state index in [0.29, 0.717) is 5.75 Å². The number of carbonyl (C=O) groups excluding carboxylic acids is 2. The first-order valence-electron chi connectivity index (χ1n) is 7.17. The Bertz CT molecular complexity index is 525. The van der Waals surface area contributed by atoms with Crippen molar-refractivity contribution < 1.29 is 14.3 Å². The van der Waals surface area contributed by atoms with Gasteiger partial charge < -0.3 is 15.4 Å². The highest BCUT2D eigenvalue weighted by Gasteiger charge is 2.35. The van der Waals surface area contributed by atoms with Crippen molar-refractivity contribution in [2.24, 2.45) is 5.73 Å². The van der Waals surface area contributed by atoms with Crippen molar-refractivity contribution >= 4 is 35.0 Å². The molecule has 1 aliphatic rings. The summed E-state index contributed by atoms with van der Waals surface area (Å²) in [7, 11) is 0. The highest BCUT2D eigenvalue weighted by atomic mass is 32.2. The molecule has 0 saturated carbocycles. The summed E-state index contributed by atoms with van der Waals surface area (Å²) in [4.78, 5) is 27.3. The SMILES string of the molecule is CC(C)(C)OC(=O)CN1C(=O)C(N)CSCC1c1cccs1. The monoisotopic (exact) mass is 342 g/mol. The Balaban J connectivity index is 2.20. The molecule has 0 radical (unpaired) electrons. The third kappa shape index (κ3) is 4.47. The predicted molar refractivity (Wildman–Crippen MR) is 89.9 cm³/mol. The number of nitrogens with two attached hydrogens (primary N) is 1. The fourth-order valence-electron chi connectivity index (χ4n) is 2.25. The van der Waals surface area contributed by atoms with Gasteiger partial charge in [0.05, 0.1) is 12.1 Å². The molecule has 0 bridgehead atoms. The number of ether oxygens (including phenoxy) is 1. The second-order valence-electron chi connectivity index (χ2n) is 6.23. The minimum absolute atomic E-state index is 0.0626. The maximum atomic E-state index is 12.5. The van der Waals surface area contributed by atoms with Crippen molar-refractivity contribution in [3.8, 4) is 0 Å². The third-order valence-electron chi connectivity index (χ3n) is 3.14. The molecule has 5 nitrogen and oxygen atoms in total. The summed E-state index contributed by atoms with van der Waals surface area (Å²) in [6, 6.07) is 3.24. The van der Waals surface area contributed by atoms with Gasteiger partial charge in [-0.05, 0) is 32.2 Å². The van der Waals surface area contributed by atoms with Crippen LogP contribution in [0.1, 0.15) is 31.7 Å². The van der Waals surface area contributed by atoms with E-state index in [1.807, 2.05) is 38.3 Å². The first-order chi connectivity index (χ1) is 10.3. The highest BCUT2D eigenvalue weighted by molar-refractivity contribution is 7.99. The van der Waals surface area contributed by atoms with Gasteiger partial charge in [0.15, 0.2) is 0 Å². The lowest BCUT2D eigenvalue weighted by molar-refractivity contribution is -0.160. The van der Waals surface area contributed by atoms with E-state index in [1.54, 1.807) is 28.0 Å². The van der Waals surface area contributed by atoms with Crippen LogP contribution in [0.2, 0.25) is 0 Å². The van der Waals surface area contributed by atoms with Gasteiger partial charge in [0.25, 0.3) is 0 Å². The van der Waals surface area contributed by atoms with Crippen LogP contribution in [0.15, 0.2) is 17.5 Å². The maximum absolute atomic E-state index is 12.5. The molecule has 2 atom stereocenters.